The first kappa shape index (κ1) is 17.9. The fraction of sp³-hybridized carbons (Fsp3) is 0.500. The number of halogens is 2. The van der Waals surface area contributed by atoms with Crippen LogP contribution in [0.3, 0.4) is 0 Å². The molecule has 0 spiro atoms. The molecule has 0 radical (unpaired) electrons. The molecule has 0 aliphatic rings. The van der Waals surface area contributed by atoms with E-state index in [2.05, 4.69) is 10.6 Å². The standard InChI is InChI=1S/C14H21FN2O.ClH/c1-11(14(18)17-9-5-8-16-2)10-12-6-3-4-7-13(12)15;/h3-4,6-7,11,16H,5,8-10H2,1-2H3,(H,17,18);1H. The zero-order chi connectivity index (χ0) is 13.4. The van der Waals surface area contributed by atoms with Crippen LogP contribution in [0.1, 0.15) is 18.9 Å². The average molecular weight is 289 g/mol. The van der Waals surface area contributed by atoms with Gasteiger partial charge in [-0.2, -0.15) is 0 Å². The Morgan fingerprint density at radius 1 is 1.32 bits per heavy atom. The van der Waals surface area contributed by atoms with Crippen molar-refractivity contribution in [2.24, 2.45) is 5.92 Å². The van der Waals surface area contributed by atoms with Crippen LogP contribution in [0.5, 0.6) is 0 Å². The van der Waals surface area contributed by atoms with E-state index in [0.717, 1.165) is 13.0 Å². The van der Waals surface area contributed by atoms with Crippen molar-refractivity contribution >= 4 is 18.3 Å². The lowest BCUT2D eigenvalue weighted by Gasteiger charge is -2.12. The topological polar surface area (TPSA) is 41.1 Å². The third-order valence-corrected chi connectivity index (χ3v) is 2.83. The van der Waals surface area contributed by atoms with Crippen molar-refractivity contribution in [3.05, 3.63) is 35.6 Å². The number of nitrogens with one attached hydrogen (secondary N) is 2. The van der Waals surface area contributed by atoms with Gasteiger partial charge in [-0.3, -0.25) is 4.79 Å². The van der Waals surface area contributed by atoms with Crippen molar-refractivity contribution in [2.45, 2.75) is 19.8 Å². The lowest BCUT2D eigenvalue weighted by Crippen LogP contribution is -2.32. The summed E-state index contributed by atoms with van der Waals surface area (Å²) in [6.07, 6.45) is 1.33. The van der Waals surface area contributed by atoms with Crippen molar-refractivity contribution in [2.75, 3.05) is 20.1 Å². The molecule has 0 aliphatic carbocycles. The second kappa shape index (κ2) is 9.75. The third kappa shape index (κ3) is 6.55. The quantitative estimate of drug-likeness (QED) is 0.755. The largest absolute Gasteiger partial charge is 0.356 e. The molecule has 0 heterocycles. The summed E-state index contributed by atoms with van der Waals surface area (Å²) in [5.41, 5.74) is 0.593. The molecule has 0 saturated heterocycles. The zero-order valence-corrected chi connectivity index (χ0v) is 12.2. The number of hydrogen-bond acceptors (Lipinski definition) is 2. The molecule has 1 atom stereocenters. The van der Waals surface area contributed by atoms with Crippen molar-refractivity contribution in [1.82, 2.24) is 10.6 Å². The number of amides is 1. The van der Waals surface area contributed by atoms with Gasteiger partial charge in [0.15, 0.2) is 0 Å². The Morgan fingerprint density at radius 3 is 2.63 bits per heavy atom. The first-order valence-electron chi connectivity index (χ1n) is 6.31. The van der Waals surface area contributed by atoms with E-state index < -0.39 is 0 Å². The van der Waals surface area contributed by atoms with E-state index in [-0.39, 0.29) is 30.0 Å². The van der Waals surface area contributed by atoms with E-state index in [1.807, 2.05) is 14.0 Å². The molecule has 5 heteroatoms. The van der Waals surface area contributed by atoms with Crippen LogP contribution in [0, 0.1) is 11.7 Å². The summed E-state index contributed by atoms with van der Waals surface area (Å²) in [5.74, 6) is -0.474. The lowest BCUT2D eigenvalue weighted by molar-refractivity contribution is -0.124. The summed E-state index contributed by atoms with van der Waals surface area (Å²) in [4.78, 5) is 11.8. The first-order chi connectivity index (χ1) is 8.65. The van der Waals surface area contributed by atoms with E-state index in [0.29, 0.717) is 18.5 Å². The summed E-state index contributed by atoms with van der Waals surface area (Å²) < 4.78 is 13.4. The molecule has 3 nitrogen and oxygen atoms in total. The first-order valence-corrected chi connectivity index (χ1v) is 6.31. The Kier molecular flexibility index (Phi) is 9.17. The summed E-state index contributed by atoms with van der Waals surface area (Å²) >= 11 is 0. The monoisotopic (exact) mass is 288 g/mol. The van der Waals surface area contributed by atoms with Crippen LogP contribution in [-0.2, 0) is 11.2 Å². The van der Waals surface area contributed by atoms with Gasteiger partial charge in [0.05, 0.1) is 0 Å². The van der Waals surface area contributed by atoms with Gasteiger partial charge in [-0.1, -0.05) is 25.1 Å². The number of rotatable bonds is 7. The highest BCUT2D eigenvalue weighted by molar-refractivity contribution is 5.85. The molecule has 0 saturated carbocycles. The smallest absolute Gasteiger partial charge is 0.223 e. The number of carbonyl (C=O) groups excluding carboxylic acids is 1. The van der Waals surface area contributed by atoms with Crippen LogP contribution in [0.15, 0.2) is 24.3 Å². The van der Waals surface area contributed by atoms with Gasteiger partial charge < -0.3 is 10.6 Å². The van der Waals surface area contributed by atoms with Crippen molar-refractivity contribution in [3.63, 3.8) is 0 Å². The number of hydrogen-bond donors (Lipinski definition) is 2. The van der Waals surface area contributed by atoms with Crippen LogP contribution in [0.2, 0.25) is 0 Å². The van der Waals surface area contributed by atoms with Crippen molar-refractivity contribution in [1.29, 1.82) is 0 Å². The molecule has 1 aromatic carbocycles. The molecule has 19 heavy (non-hydrogen) atoms. The highest BCUT2D eigenvalue weighted by Crippen LogP contribution is 2.12. The average Bonchev–Trinajstić information content (AvgIpc) is 2.37. The lowest BCUT2D eigenvalue weighted by atomic mass is 10.00. The summed E-state index contributed by atoms with van der Waals surface area (Å²) in [5, 5.41) is 5.87. The van der Waals surface area contributed by atoms with Crippen LogP contribution in [0.25, 0.3) is 0 Å². The minimum Gasteiger partial charge on any atom is -0.356 e. The van der Waals surface area contributed by atoms with Gasteiger partial charge in [-0.15, -0.1) is 12.4 Å². The molecule has 0 aliphatic heterocycles. The maximum absolute atomic E-state index is 13.4. The van der Waals surface area contributed by atoms with E-state index in [4.69, 9.17) is 0 Å². The van der Waals surface area contributed by atoms with Crippen LogP contribution in [0.4, 0.5) is 4.39 Å². The summed E-state index contributed by atoms with van der Waals surface area (Å²) in [6.45, 7) is 3.35. The van der Waals surface area contributed by atoms with Gasteiger partial charge in [0.1, 0.15) is 5.82 Å². The molecule has 108 valence electrons. The normalized spacial score (nSPS) is 11.5. The maximum atomic E-state index is 13.4. The molecule has 0 fully saturated rings. The van der Waals surface area contributed by atoms with E-state index in [1.165, 1.54) is 6.07 Å². The van der Waals surface area contributed by atoms with Gasteiger partial charge in [-0.05, 0) is 38.1 Å². The Morgan fingerprint density at radius 2 is 2.00 bits per heavy atom. The van der Waals surface area contributed by atoms with Gasteiger partial charge in [0.2, 0.25) is 5.91 Å². The Balaban J connectivity index is 0.00000324. The number of carbonyl (C=O) groups is 1. The minimum absolute atomic E-state index is 0. The Bertz CT molecular complexity index is 387. The fourth-order valence-electron chi connectivity index (χ4n) is 1.74. The van der Waals surface area contributed by atoms with Gasteiger partial charge in [0, 0.05) is 12.5 Å². The zero-order valence-electron chi connectivity index (χ0n) is 11.4. The Labute approximate surface area is 120 Å². The van der Waals surface area contributed by atoms with Gasteiger partial charge >= 0.3 is 0 Å². The molecule has 1 amide bonds. The van der Waals surface area contributed by atoms with E-state index in [9.17, 15) is 9.18 Å². The second-order valence-corrected chi connectivity index (χ2v) is 4.44. The molecule has 1 unspecified atom stereocenters. The number of benzene rings is 1. The molecule has 1 rings (SSSR count). The van der Waals surface area contributed by atoms with Crippen molar-refractivity contribution in [3.8, 4) is 0 Å². The predicted octanol–water partition coefficient (Wildman–Crippen LogP) is 2.15. The molecule has 1 aromatic rings. The van der Waals surface area contributed by atoms with Gasteiger partial charge in [0.25, 0.3) is 0 Å². The third-order valence-electron chi connectivity index (χ3n) is 2.83. The summed E-state index contributed by atoms with van der Waals surface area (Å²) in [7, 11) is 1.88. The Hall–Kier alpha value is -1.13. The SMILES string of the molecule is CNCCCNC(=O)C(C)Cc1ccccc1F.Cl. The molecular formula is C14H22ClFN2O. The molecule has 0 bridgehead atoms. The van der Waals surface area contributed by atoms with Crippen LogP contribution >= 0.6 is 12.4 Å². The van der Waals surface area contributed by atoms with Crippen molar-refractivity contribution < 1.29 is 9.18 Å². The fourth-order valence-corrected chi connectivity index (χ4v) is 1.74. The second-order valence-electron chi connectivity index (χ2n) is 4.44. The van der Waals surface area contributed by atoms with Crippen LogP contribution in [-0.4, -0.2) is 26.0 Å². The molecule has 0 aromatic heterocycles. The van der Waals surface area contributed by atoms with Gasteiger partial charge in [-0.25, -0.2) is 4.39 Å². The molecular weight excluding hydrogens is 267 g/mol. The van der Waals surface area contributed by atoms with E-state index >= 15 is 0 Å². The summed E-state index contributed by atoms with van der Waals surface area (Å²) in [6, 6.07) is 6.59. The maximum Gasteiger partial charge on any atom is 0.223 e. The highest BCUT2D eigenvalue weighted by atomic mass is 35.5. The predicted molar refractivity (Wildman–Crippen MR) is 78.1 cm³/mol. The highest BCUT2D eigenvalue weighted by Gasteiger charge is 2.14. The van der Waals surface area contributed by atoms with E-state index in [1.54, 1.807) is 18.2 Å². The minimum atomic E-state index is -0.243. The van der Waals surface area contributed by atoms with Crippen LogP contribution < -0.4 is 10.6 Å². The molecule has 2 N–H and O–H groups in total.